The molecule has 2 aromatic rings. The second-order valence-corrected chi connectivity index (χ2v) is 20.6. The number of aliphatic hydroxyl groups is 2. The molecule has 7 unspecified atom stereocenters. The maximum absolute atomic E-state index is 12.7. The zero-order valence-electron chi connectivity index (χ0n) is 35.7. The van der Waals surface area contributed by atoms with Crippen LogP contribution in [0.1, 0.15) is 91.2 Å². The summed E-state index contributed by atoms with van der Waals surface area (Å²) in [7, 11) is -16.4. The molecule has 0 saturated carbocycles. The van der Waals surface area contributed by atoms with Crippen molar-refractivity contribution in [2.24, 2.45) is 5.41 Å². The van der Waals surface area contributed by atoms with Crippen LogP contribution in [0.5, 0.6) is 0 Å². The Hall–Kier alpha value is -2.96. The number of hydrogen-bond donors (Lipinski definition) is 9. The second kappa shape index (κ2) is 26.4. The van der Waals surface area contributed by atoms with Crippen molar-refractivity contribution in [3.63, 3.8) is 0 Å². The van der Waals surface area contributed by atoms with Gasteiger partial charge in [-0.3, -0.25) is 32.5 Å². The number of nitrogens with one attached hydrogen (secondary N) is 2. The number of anilines is 1. The van der Waals surface area contributed by atoms with E-state index in [9.17, 15) is 57.9 Å². The quantitative estimate of drug-likeness (QED) is 0.0235. The van der Waals surface area contributed by atoms with Crippen LogP contribution in [-0.4, -0.2) is 123 Å². The number of rotatable bonds is 30. The van der Waals surface area contributed by atoms with Gasteiger partial charge in [0.1, 0.15) is 36.3 Å². The molecule has 0 aromatic carbocycles. The van der Waals surface area contributed by atoms with Gasteiger partial charge in [-0.15, -0.1) is 0 Å². The minimum Gasteiger partial charge on any atom is -0.386 e. The minimum absolute atomic E-state index is 0.0308. The van der Waals surface area contributed by atoms with Gasteiger partial charge in [0.05, 0.1) is 19.5 Å². The van der Waals surface area contributed by atoms with Crippen molar-refractivity contribution < 1.29 is 80.5 Å². The van der Waals surface area contributed by atoms with Crippen LogP contribution < -0.4 is 16.4 Å². The van der Waals surface area contributed by atoms with E-state index in [1.807, 2.05) is 12.2 Å². The van der Waals surface area contributed by atoms with E-state index in [-0.39, 0.29) is 41.6 Å². The Labute approximate surface area is 374 Å². The van der Waals surface area contributed by atoms with E-state index in [2.05, 4.69) is 41.3 Å². The number of aliphatic hydroxyl groups excluding tert-OH is 2. The van der Waals surface area contributed by atoms with Crippen molar-refractivity contribution in [2.75, 3.05) is 37.8 Å². The number of nitrogens with zero attached hydrogens (tertiary/aromatic N) is 4. The molecule has 0 bridgehead atoms. The molecule has 0 aliphatic carbocycles. The van der Waals surface area contributed by atoms with Crippen LogP contribution in [0.2, 0.25) is 0 Å². The number of phosphoric acid groups is 3. The molecule has 2 aromatic heterocycles. The molecular weight excluding hydrogens is 927 g/mol. The van der Waals surface area contributed by atoms with Crippen molar-refractivity contribution in [3.8, 4) is 0 Å². The van der Waals surface area contributed by atoms with Gasteiger partial charge in [0, 0.05) is 30.7 Å². The van der Waals surface area contributed by atoms with E-state index in [1.54, 1.807) is 6.08 Å². The number of amides is 2. The number of nitrogen functional groups attached to an aromatic ring is 1. The smallest absolute Gasteiger partial charge is 0.386 e. The first-order valence-electron chi connectivity index (χ1n) is 20.4. The highest BCUT2D eigenvalue weighted by molar-refractivity contribution is 8.14. The van der Waals surface area contributed by atoms with E-state index >= 15 is 0 Å². The molecule has 0 radical (unpaired) electrons. The third kappa shape index (κ3) is 19.5. The summed E-state index contributed by atoms with van der Waals surface area (Å²) in [6, 6.07) is 0. The molecule has 7 atom stereocenters. The fourth-order valence-corrected chi connectivity index (χ4v) is 9.44. The van der Waals surface area contributed by atoms with Gasteiger partial charge >= 0.3 is 23.5 Å². The Bertz CT molecular complexity index is 2040. The SMILES string of the molecule is CCCCCCCCCC/C=C/C=C/C(=O)SCCNC(=O)CCNC(=O)C(O)C(C)(C)COP(=O)(O)OP(=O)(O)OCC1OC(n2cnc3c(N)ncnc32)C(O)C1OP(=O)(O)O. The molecule has 0 spiro atoms. The van der Waals surface area contributed by atoms with Gasteiger partial charge in [-0.2, -0.15) is 4.31 Å². The number of carbonyl (C=O) groups is 3. The van der Waals surface area contributed by atoms with Gasteiger partial charge in [0.15, 0.2) is 17.7 Å². The van der Waals surface area contributed by atoms with E-state index < -0.39 is 84.6 Å². The summed E-state index contributed by atoms with van der Waals surface area (Å²) >= 11 is 1.03. The molecular formula is C36H60N7O17P3S. The van der Waals surface area contributed by atoms with Crippen LogP contribution in [0.4, 0.5) is 5.82 Å². The fourth-order valence-electron chi connectivity index (χ4n) is 6.03. The maximum Gasteiger partial charge on any atom is 0.481 e. The number of allylic oxidation sites excluding steroid dienone is 3. The molecule has 1 aliphatic heterocycles. The lowest BCUT2D eigenvalue weighted by molar-refractivity contribution is -0.137. The van der Waals surface area contributed by atoms with Crippen molar-refractivity contribution >= 4 is 69.1 Å². The Morgan fingerprint density at radius 1 is 0.969 bits per heavy atom. The lowest BCUT2D eigenvalue weighted by atomic mass is 9.87. The van der Waals surface area contributed by atoms with Crippen molar-refractivity contribution in [1.29, 1.82) is 0 Å². The molecule has 1 fully saturated rings. The zero-order chi connectivity index (χ0) is 47.6. The summed E-state index contributed by atoms with van der Waals surface area (Å²) in [6.45, 7) is 2.69. The predicted molar refractivity (Wildman–Crippen MR) is 233 cm³/mol. The summed E-state index contributed by atoms with van der Waals surface area (Å²) < 4.78 is 62.3. The molecule has 28 heteroatoms. The van der Waals surface area contributed by atoms with Gasteiger partial charge in [-0.05, 0) is 18.9 Å². The van der Waals surface area contributed by atoms with Crippen LogP contribution >= 0.6 is 35.2 Å². The highest BCUT2D eigenvalue weighted by atomic mass is 32.2. The molecule has 1 saturated heterocycles. The molecule has 64 heavy (non-hydrogen) atoms. The van der Waals surface area contributed by atoms with Crippen LogP contribution in [0.3, 0.4) is 0 Å². The normalized spacial score (nSPS) is 20.7. The number of unbranched alkanes of at least 4 members (excludes halogenated alkanes) is 8. The van der Waals surface area contributed by atoms with Crippen molar-refractivity contribution in [1.82, 2.24) is 30.2 Å². The van der Waals surface area contributed by atoms with Gasteiger partial charge in [-0.1, -0.05) is 95.7 Å². The first kappa shape index (κ1) is 55.4. The van der Waals surface area contributed by atoms with Gasteiger partial charge in [0.25, 0.3) is 0 Å². The molecule has 3 heterocycles. The molecule has 362 valence electrons. The highest BCUT2D eigenvalue weighted by Crippen LogP contribution is 2.61. The lowest BCUT2D eigenvalue weighted by Gasteiger charge is -2.30. The third-order valence-electron chi connectivity index (χ3n) is 9.45. The second-order valence-electron chi connectivity index (χ2n) is 15.3. The number of phosphoric ester groups is 3. The number of thioether (sulfide) groups is 1. The number of ether oxygens (including phenoxy) is 1. The summed E-state index contributed by atoms with van der Waals surface area (Å²) in [5, 5.41) is 26.3. The molecule has 1 aliphatic rings. The Morgan fingerprint density at radius 3 is 2.33 bits per heavy atom. The monoisotopic (exact) mass is 987 g/mol. The van der Waals surface area contributed by atoms with Crippen molar-refractivity contribution in [2.45, 2.75) is 116 Å². The fraction of sp³-hybridized carbons (Fsp3) is 0.667. The summed E-state index contributed by atoms with van der Waals surface area (Å²) in [6.07, 6.45) is 11.0. The topological polar surface area (TPSA) is 364 Å². The molecule has 10 N–H and O–H groups in total. The average molecular weight is 988 g/mol. The minimum atomic E-state index is -5.58. The Kier molecular flexibility index (Phi) is 22.8. The first-order chi connectivity index (χ1) is 30.1. The Morgan fingerprint density at radius 2 is 1.64 bits per heavy atom. The van der Waals surface area contributed by atoms with Crippen LogP contribution in [0.15, 0.2) is 37.0 Å². The standard InChI is InChI=1S/C36H60N7O17P3S/c1-4-5-6-7-8-9-10-11-12-13-14-15-16-27(45)64-20-19-38-26(44)17-18-39-34(48)31(47)36(2,3)22-57-63(54,55)60-62(52,53)56-21-25-30(59-61(49,50)51)29(46)35(58-25)43-24-42-28-32(37)40-23-41-33(28)43/h13-16,23-25,29-31,35,46-47H,4-12,17-22H2,1-3H3,(H,38,44)(H,39,48)(H,52,53)(H,54,55)(H2,37,40,41)(H2,49,50,51)/b14-13+,16-15+. The summed E-state index contributed by atoms with van der Waals surface area (Å²) in [5.74, 6) is -1.14. The number of nitrogens with two attached hydrogens (primary N) is 1. The molecule has 24 nitrogen and oxygen atoms in total. The molecule has 3 rings (SSSR count). The van der Waals surface area contributed by atoms with E-state index in [1.165, 1.54) is 64.9 Å². The van der Waals surface area contributed by atoms with Crippen LogP contribution in [0.25, 0.3) is 11.2 Å². The van der Waals surface area contributed by atoms with E-state index in [4.69, 9.17) is 19.5 Å². The number of aromatic nitrogens is 4. The maximum atomic E-state index is 12.7. The number of fused-ring (bicyclic) bond motifs is 1. The van der Waals surface area contributed by atoms with Crippen LogP contribution in [0, 0.1) is 5.41 Å². The summed E-state index contributed by atoms with van der Waals surface area (Å²) in [4.78, 5) is 88.0. The lowest BCUT2D eigenvalue weighted by Crippen LogP contribution is -2.46. The number of carbonyl (C=O) groups excluding carboxylic acids is 3. The predicted octanol–water partition coefficient (Wildman–Crippen LogP) is 3.31. The van der Waals surface area contributed by atoms with E-state index in [0.717, 1.165) is 41.8 Å². The number of hydrogen-bond acceptors (Lipinski definition) is 18. The largest absolute Gasteiger partial charge is 0.481 e. The molecule has 2 amide bonds. The zero-order valence-corrected chi connectivity index (χ0v) is 39.2. The van der Waals surface area contributed by atoms with E-state index in [0.29, 0.717) is 5.75 Å². The van der Waals surface area contributed by atoms with Crippen molar-refractivity contribution in [3.05, 3.63) is 37.0 Å². The Balaban J connectivity index is 1.36. The van der Waals surface area contributed by atoms with Gasteiger partial charge < -0.3 is 50.9 Å². The van der Waals surface area contributed by atoms with Gasteiger partial charge in [-0.25, -0.2) is 28.6 Å². The average Bonchev–Trinajstić information content (AvgIpc) is 3.78. The number of imidazole rings is 1. The summed E-state index contributed by atoms with van der Waals surface area (Å²) in [5.41, 5.74) is 4.27. The highest BCUT2D eigenvalue weighted by Gasteiger charge is 2.50. The first-order valence-corrected chi connectivity index (χ1v) is 26.0. The van der Waals surface area contributed by atoms with Gasteiger partial charge in [0.2, 0.25) is 16.9 Å². The van der Waals surface area contributed by atoms with Crippen LogP contribution in [-0.2, 0) is 50.7 Å². The third-order valence-corrected chi connectivity index (χ3v) is 13.4.